The summed E-state index contributed by atoms with van der Waals surface area (Å²) in [4.78, 5) is 11.9. The summed E-state index contributed by atoms with van der Waals surface area (Å²) in [5.74, 6) is 0.529. The Morgan fingerprint density at radius 1 is 0.958 bits per heavy atom. The van der Waals surface area contributed by atoms with Crippen LogP contribution in [-0.4, -0.2) is 19.1 Å². The van der Waals surface area contributed by atoms with E-state index in [-0.39, 0.29) is 12.5 Å². The fraction of sp³-hybridized carbons (Fsp3) is 0.350. The van der Waals surface area contributed by atoms with Crippen LogP contribution < -0.4 is 15.4 Å². The number of amides is 1. The number of carbonyl (C=O) groups excluding carboxylic acids is 1. The maximum atomic E-state index is 11.9. The summed E-state index contributed by atoms with van der Waals surface area (Å²) in [7, 11) is 0. The van der Waals surface area contributed by atoms with Crippen molar-refractivity contribution in [3.8, 4) is 5.75 Å². The van der Waals surface area contributed by atoms with Crippen molar-refractivity contribution in [3.63, 3.8) is 0 Å². The maximum Gasteiger partial charge on any atom is 0.262 e. The molecule has 1 amide bonds. The van der Waals surface area contributed by atoms with Gasteiger partial charge in [-0.2, -0.15) is 0 Å². The molecule has 0 fully saturated rings. The van der Waals surface area contributed by atoms with Crippen molar-refractivity contribution in [1.29, 1.82) is 0 Å². The minimum absolute atomic E-state index is 0.0000795. The molecule has 0 aliphatic rings. The molecule has 2 N–H and O–H groups in total. The second-order valence-electron chi connectivity index (χ2n) is 5.86. The van der Waals surface area contributed by atoms with Gasteiger partial charge in [0.2, 0.25) is 0 Å². The van der Waals surface area contributed by atoms with Gasteiger partial charge in [-0.1, -0.05) is 37.5 Å². The first-order valence-corrected chi connectivity index (χ1v) is 8.50. The third kappa shape index (κ3) is 6.32. The first-order chi connectivity index (χ1) is 11.7. The lowest BCUT2D eigenvalue weighted by Crippen LogP contribution is -2.20. The largest absolute Gasteiger partial charge is 0.484 e. The molecule has 0 heterocycles. The van der Waals surface area contributed by atoms with Crippen molar-refractivity contribution in [2.45, 2.75) is 33.1 Å². The highest BCUT2D eigenvalue weighted by Crippen LogP contribution is 2.14. The number of rotatable bonds is 9. The van der Waals surface area contributed by atoms with Crippen molar-refractivity contribution in [1.82, 2.24) is 0 Å². The lowest BCUT2D eigenvalue weighted by molar-refractivity contribution is -0.118. The van der Waals surface area contributed by atoms with Gasteiger partial charge in [0.1, 0.15) is 5.75 Å². The summed E-state index contributed by atoms with van der Waals surface area (Å²) in [5.41, 5.74) is 3.00. The first kappa shape index (κ1) is 17.9. The van der Waals surface area contributed by atoms with E-state index in [0.717, 1.165) is 23.5 Å². The third-order valence-electron chi connectivity index (χ3n) is 3.67. The Bertz CT molecular complexity index is 621. The number of carbonyl (C=O) groups is 1. The molecule has 0 aromatic heterocycles. The number of aryl methyl sites for hydroxylation is 1. The van der Waals surface area contributed by atoms with Crippen LogP contribution in [0.3, 0.4) is 0 Å². The molecule has 0 bridgehead atoms. The predicted molar refractivity (Wildman–Crippen MR) is 99.8 cm³/mol. The Morgan fingerprint density at radius 2 is 1.62 bits per heavy atom. The molecule has 4 nitrogen and oxygen atoms in total. The topological polar surface area (TPSA) is 50.4 Å². The third-order valence-corrected chi connectivity index (χ3v) is 3.67. The first-order valence-electron chi connectivity index (χ1n) is 8.50. The van der Waals surface area contributed by atoms with Gasteiger partial charge < -0.3 is 15.4 Å². The molecule has 0 aliphatic carbocycles. The van der Waals surface area contributed by atoms with E-state index in [1.54, 1.807) is 0 Å². The molecule has 0 saturated carbocycles. The predicted octanol–water partition coefficient (Wildman–Crippen LogP) is 4.61. The second kappa shape index (κ2) is 9.60. The number of benzene rings is 2. The van der Waals surface area contributed by atoms with E-state index in [0.29, 0.717) is 5.75 Å². The van der Waals surface area contributed by atoms with Crippen LogP contribution in [0.5, 0.6) is 5.75 Å². The fourth-order valence-corrected chi connectivity index (χ4v) is 2.26. The number of hydrogen-bond acceptors (Lipinski definition) is 3. The lowest BCUT2D eigenvalue weighted by Gasteiger charge is -2.09. The quantitative estimate of drug-likeness (QED) is 0.661. The molecule has 0 saturated heterocycles. The van der Waals surface area contributed by atoms with Gasteiger partial charge in [0, 0.05) is 17.9 Å². The molecule has 2 rings (SSSR count). The molecule has 128 valence electrons. The Labute approximate surface area is 144 Å². The van der Waals surface area contributed by atoms with Crippen molar-refractivity contribution in [3.05, 3.63) is 54.1 Å². The molecule has 2 aromatic carbocycles. The standard InChI is InChI=1S/C20H26N2O2/c1-3-4-5-14-21-17-8-10-18(11-9-17)22-20(23)15-24-19-12-6-16(2)7-13-19/h6-13,21H,3-5,14-15H2,1-2H3,(H,22,23). The van der Waals surface area contributed by atoms with Gasteiger partial charge in [0.25, 0.3) is 5.91 Å². The average molecular weight is 326 g/mol. The molecule has 2 aromatic rings. The van der Waals surface area contributed by atoms with Gasteiger partial charge in [-0.3, -0.25) is 4.79 Å². The Morgan fingerprint density at radius 3 is 2.29 bits per heavy atom. The zero-order chi connectivity index (χ0) is 17.2. The summed E-state index contributed by atoms with van der Waals surface area (Å²) in [6, 6.07) is 15.4. The molecule has 0 spiro atoms. The highest BCUT2D eigenvalue weighted by molar-refractivity contribution is 5.92. The minimum Gasteiger partial charge on any atom is -0.484 e. The van der Waals surface area contributed by atoms with Crippen LogP contribution in [-0.2, 0) is 4.79 Å². The van der Waals surface area contributed by atoms with Crippen molar-refractivity contribution >= 4 is 17.3 Å². The normalized spacial score (nSPS) is 10.2. The van der Waals surface area contributed by atoms with Gasteiger partial charge in [0.05, 0.1) is 0 Å². The van der Waals surface area contributed by atoms with Gasteiger partial charge in [-0.15, -0.1) is 0 Å². The van der Waals surface area contributed by atoms with Crippen LogP contribution in [0.15, 0.2) is 48.5 Å². The smallest absolute Gasteiger partial charge is 0.262 e. The van der Waals surface area contributed by atoms with Crippen LogP contribution in [0.2, 0.25) is 0 Å². The van der Waals surface area contributed by atoms with Gasteiger partial charge in [-0.05, 0) is 49.7 Å². The number of hydrogen-bond donors (Lipinski definition) is 2. The highest BCUT2D eigenvalue weighted by Gasteiger charge is 2.04. The number of ether oxygens (including phenoxy) is 1. The molecule has 0 radical (unpaired) electrons. The van der Waals surface area contributed by atoms with E-state index in [2.05, 4.69) is 17.6 Å². The number of unbranched alkanes of at least 4 members (excludes halogenated alkanes) is 2. The van der Waals surface area contributed by atoms with E-state index in [9.17, 15) is 4.79 Å². The van der Waals surface area contributed by atoms with Crippen LogP contribution >= 0.6 is 0 Å². The van der Waals surface area contributed by atoms with E-state index in [1.165, 1.54) is 19.3 Å². The summed E-state index contributed by atoms with van der Waals surface area (Å²) in [6.45, 7) is 5.18. The lowest BCUT2D eigenvalue weighted by atomic mass is 10.2. The Kier molecular flexibility index (Phi) is 7.15. The Balaban J connectivity index is 1.74. The maximum absolute atomic E-state index is 11.9. The van der Waals surface area contributed by atoms with Crippen LogP contribution in [0.4, 0.5) is 11.4 Å². The van der Waals surface area contributed by atoms with E-state index >= 15 is 0 Å². The van der Waals surface area contributed by atoms with Crippen LogP contribution in [0.25, 0.3) is 0 Å². The SMILES string of the molecule is CCCCCNc1ccc(NC(=O)COc2ccc(C)cc2)cc1. The zero-order valence-corrected chi connectivity index (χ0v) is 14.5. The molecular formula is C20H26N2O2. The summed E-state index contributed by atoms with van der Waals surface area (Å²) >= 11 is 0. The van der Waals surface area contributed by atoms with Gasteiger partial charge in [-0.25, -0.2) is 0 Å². The zero-order valence-electron chi connectivity index (χ0n) is 14.5. The van der Waals surface area contributed by atoms with Crippen molar-refractivity contribution in [2.24, 2.45) is 0 Å². The van der Waals surface area contributed by atoms with E-state index in [1.807, 2.05) is 55.5 Å². The van der Waals surface area contributed by atoms with Gasteiger partial charge >= 0.3 is 0 Å². The molecular weight excluding hydrogens is 300 g/mol. The summed E-state index contributed by atoms with van der Waals surface area (Å²) in [6.07, 6.45) is 3.63. The summed E-state index contributed by atoms with van der Waals surface area (Å²) in [5, 5.41) is 6.21. The summed E-state index contributed by atoms with van der Waals surface area (Å²) < 4.78 is 5.47. The molecule has 0 aliphatic heterocycles. The van der Waals surface area contributed by atoms with E-state index in [4.69, 9.17) is 4.74 Å². The molecule has 0 atom stereocenters. The Hall–Kier alpha value is -2.49. The number of anilines is 2. The monoisotopic (exact) mass is 326 g/mol. The molecule has 4 heteroatoms. The highest BCUT2D eigenvalue weighted by atomic mass is 16.5. The van der Waals surface area contributed by atoms with Crippen LogP contribution in [0.1, 0.15) is 31.7 Å². The second-order valence-corrected chi connectivity index (χ2v) is 5.86. The molecule has 0 unspecified atom stereocenters. The minimum atomic E-state index is -0.167. The van der Waals surface area contributed by atoms with Crippen molar-refractivity contribution < 1.29 is 9.53 Å². The number of nitrogens with one attached hydrogen (secondary N) is 2. The van der Waals surface area contributed by atoms with Gasteiger partial charge in [0.15, 0.2) is 6.61 Å². The van der Waals surface area contributed by atoms with E-state index < -0.39 is 0 Å². The molecule has 24 heavy (non-hydrogen) atoms. The van der Waals surface area contributed by atoms with Crippen molar-refractivity contribution in [2.75, 3.05) is 23.8 Å². The average Bonchev–Trinajstić information content (AvgIpc) is 2.60. The fourth-order valence-electron chi connectivity index (χ4n) is 2.26. The van der Waals surface area contributed by atoms with Crippen LogP contribution in [0, 0.1) is 6.92 Å².